The molecular formula is C17H20F3NO2. The summed E-state index contributed by atoms with van der Waals surface area (Å²) in [6.45, 7) is 1.93. The number of rotatable bonds is 5. The molecule has 0 radical (unpaired) electrons. The van der Waals surface area contributed by atoms with Crippen molar-refractivity contribution in [2.75, 3.05) is 19.7 Å². The molecule has 23 heavy (non-hydrogen) atoms. The summed E-state index contributed by atoms with van der Waals surface area (Å²) >= 11 is 0. The van der Waals surface area contributed by atoms with Gasteiger partial charge in [0.25, 0.3) is 0 Å². The van der Waals surface area contributed by atoms with Crippen LogP contribution in [0.4, 0.5) is 13.2 Å². The molecule has 1 aliphatic carbocycles. The Morgan fingerprint density at radius 2 is 2.04 bits per heavy atom. The van der Waals surface area contributed by atoms with Crippen molar-refractivity contribution in [1.29, 1.82) is 0 Å². The maximum Gasteiger partial charge on any atom is 0.416 e. The average Bonchev–Trinajstić information content (AvgIpc) is 3.21. The summed E-state index contributed by atoms with van der Waals surface area (Å²) < 4.78 is 43.9. The first-order valence-corrected chi connectivity index (χ1v) is 7.97. The first-order chi connectivity index (χ1) is 10.9. The van der Waals surface area contributed by atoms with Crippen LogP contribution in [-0.4, -0.2) is 36.6 Å². The molecule has 0 N–H and O–H groups in total. The van der Waals surface area contributed by atoms with E-state index in [1.165, 1.54) is 18.9 Å². The molecular weight excluding hydrogens is 307 g/mol. The van der Waals surface area contributed by atoms with Crippen LogP contribution in [0, 0.1) is 5.92 Å². The summed E-state index contributed by atoms with van der Waals surface area (Å²) in [6.07, 6.45) is -1.05. The molecule has 126 valence electrons. The van der Waals surface area contributed by atoms with Crippen molar-refractivity contribution >= 4 is 5.91 Å². The maximum atomic E-state index is 12.7. The second kappa shape index (κ2) is 6.51. The lowest BCUT2D eigenvalue weighted by Crippen LogP contribution is -2.31. The van der Waals surface area contributed by atoms with Gasteiger partial charge in [-0.1, -0.05) is 18.2 Å². The van der Waals surface area contributed by atoms with E-state index in [9.17, 15) is 18.0 Å². The van der Waals surface area contributed by atoms with Gasteiger partial charge in [0.2, 0.25) is 5.91 Å². The van der Waals surface area contributed by atoms with Crippen molar-refractivity contribution in [3.63, 3.8) is 0 Å². The van der Waals surface area contributed by atoms with Crippen LogP contribution in [0.1, 0.15) is 30.4 Å². The quantitative estimate of drug-likeness (QED) is 0.831. The lowest BCUT2D eigenvalue weighted by atomic mass is 10.1. The Kier molecular flexibility index (Phi) is 4.62. The molecule has 0 bridgehead atoms. The van der Waals surface area contributed by atoms with Gasteiger partial charge >= 0.3 is 6.18 Å². The van der Waals surface area contributed by atoms with E-state index in [1.54, 1.807) is 11.0 Å². The second-order valence-corrected chi connectivity index (χ2v) is 6.40. The number of ether oxygens (including phenoxy) is 1. The minimum atomic E-state index is -4.38. The van der Waals surface area contributed by atoms with E-state index < -0.39 is 11.7 Å². The van der Waals surface area contributed by atoms with Crippen molar-refractivity contribution in [2.24, 2.45) is 5.92 Å². The molecule has 0 unspecified atom stereocenters. The van der Waals surface area contributed by atoms with Gasteiger partial charge in [0.15, 0.2) is 0 Å². The average molecular weight is 327 g/mol. The van der Waals surface area contributed by atoms with Crippen LogP contribution >= 0.6 is 0 Å². The number of alkyl halides is 3. The second-order valence-electron chi connectivity index (χ2n) is 6.40. The molecule has 3 rings (SSSR count). The van der Waals surface area contributed by atoms with Crippen LogP contribution < -0.4 is 0 Å². The van der Waals surface area contributed by atoms with Crippen LogP contribution in [-0.2, 0) is 22.1 Å². The topological polar surface area (TPSA) is 29.5 Å². The Morgan fingerprint density at radius 1 is 1.26 bits per heavy atom. The number of nitrogens with zero attached hydrogens (tertiary/aromatic N) is 1. The zero-order valence-corrected chi connectivity index (χ0v) is 12.8. The SMILES string of the molecule is O=C(Cc1cccc(C(F)(F)F)c1)N1CC[C@H](OCC2CC2)C1. The maximum absolute atomic E-state index is 12.7. The lowest BCUT2D eigenvalue weighted by molar-refractivity contribution is -0.138. The van der Waals surface area contributed by atoms with Crippen LogP contribution in [0.3, 0.4) is 0 Å². The molecule has 1 saturated carbocycles. The molecule has 6 heteroatoms. The van der Waals surface area contributed by atoms with Crippen LogP contribution in [0.15, 0.2) is 24.3 Å². The number of hydrogen-bond acceptors (Lipinski definition) is 2. The summed E-state index contributed by atoms with van der Waals surface area (Å²) in [7, 11) is 0. The number of halogens is 3. The van der Waals surface area contributed by atoms with Gasteiger partial charge < -0.3 is 9.64 Å². The van der Waals surface area contributed by atoms with E-state index in [-0.39, 0.29) is 18.4 Å². The zero-order chi connectivity index (χ0) is 16.4. The van der Waals surface area contributed by atoms with Gasteiger partial charge in [-0.25, -0.2) is 0 Å². The molecule has 1 heterocycles. The van der Waals surface area contributed by atoms with E-state index in [0.29, 0.717) is 24.6 Å². The van der Waals surface area contributed by atoms with Crippen molar-refractivity contribution in [3.8, 4) is 0 Å². The predicted octanol–water partition coefficient (Wildman–Crippen LogP) is 3.28. The van der Waals surface area contributed by atoms with E-state index in [4.69, 9.17) is 4.74 Å². The highest BCUT2D eigenvalue weighted by Crippen LogP contribution is 2.31. The first kappa shape index (κ1) is 16.3. The van der Waals surface area contributed by atoms with Gasteiger partial charge in [0, 0.05) is 19.7 Å². The van der Waals surface area contributed by atoms with Crippen molar-refractivity contribution < 1.29 is 22.7 Å². The number of benzene rings is 1. The van der Waals surface area contributed by atoms with Gasteiger partial charge in [-0.2, -0.15) is 13.2 Å². The van der Waals surface area contributed by atoms with Crippen molar-refractivity contribution in [1.82, 2.24) is 4.90 Å². The van der Waals surface area contributed by atoms with Gasteiger partial charge in [-0.05, 0) is 36.8 Å². The number of carbonyl (C=O) groups is 1. The molecule has 3 nitrogen and oxygen atoms in total. The van der Waals surface area contributed by atoms with Gasteiger partial charge in [0.1, 0.15) is 0 Å². The summed E-state index contributed by atoms with van der Waals surface area (Å²) in [6, 6.07) is 4.97. The molecule has 1 atom stereocenters. The smallest absolute Gasteiger partial charge is 0.376 e. The molecule has 1 amide bonds. The highest BCUT2D eigenvalue weighted by molar-refractivity contribution is 5.79. The van der Waals surface area contributed by atoms with Crippen LogP contribution in [0.25, 0.3) is 0 Å². The summed E-state index contributed by atoms with van der Waals surface area (Å²) in [5, 5.41) is 0. The van der Waals surface area contributed by atoms with E-state index in [2.05, 4.69) is 0 Å². The Hall–Kier alpha value is -1.56. The molecule has 0 spiro atoms. The fourth-order valence-electron chi connectivity index (χ4n) is 2.79. The van der Waals surface area contributed by atoms with E-state index >= 15 is 0 Å². The molecule has 1 aromatic carbocycles. The van der Waals surface area contributed by atoms with Gasteiger partial charge in [0.05, 0.1) is 18.1 Å². The fourth-order valence-corrected chi connectivity index (χ4v) is 2.79. The van der Waals surface area contributed by atoms with E-state index in [1.807, 2.05) is 0 Å². The Bertz CT molecular complexity index is 569. The van der Waals surface area contributed by atoms with Crippen molar-refractivity contribution in [3.05, 3.63) is 35.4 Å². The number of carbonyl (C=O) groups excluding carboxylic acids is 1. The molecule has 1 aliphatic heterocycles. The normalized spacial score (nSPS) is 21.7. The van der Waals surface area contributed by atoms with E-state index in [0.717, 1.165) is 25.2 Å². The lowest BCUT2D eigenvalue weighted by Gasteiger charge is -2.17. The predicted molar refractivity (Wildman–Crippen MR) is 78.8 cm³/mol. The number of likely N-dealkylation sites (tertiary alicyclic amines) is 1. The number of amides is 1. The molecule has 2 fully saturated rings. The highest BCUT2D eigenvalue weighted by atomic mass is 19.4. The fraction of sp³-hybridized carbons (Fsp3) is 0.588. The third kappa shape index (κ3) is 4.47. The molecule has 0 aromatic heterocycles. The van der Waals surface area contributed by atoms with Gasteiger partial charge in [-0.15, -0.1) is 0 Å². The first-order valence-electron chi connectivity index (χ1n) is 7.97. The standard InChI is InChI=1S/C17H20F3NO2/c18-17(19,20)14-3-1-2-13(8-14)9-16(22)21-7-6-15(10-21)23-11-12-4-5-12/h1-3,8,12,15H,4-7,9-11H2/t15-/m0/s1. The Labute approximate surface area is 133 Å². The third-order valence-corrected chi connectivity index (χ3v) is 4.37. The molecule has 1 saturated heterocycles. The monoisotopic (exact) mass is 327 g/mol. The molecule has 2 aliphatic rings. The zero-order valence-electron chi connectivity index (χ0n) is 12.8. The minimum Gasteiger partial charge on any atom is -0.376 e. The summed E-state index contributed by atoms with van der Waals surface area (Å²) in [4.78, 5) is 14.0. The Morgan fingerprint density at radius 3 is 2.74 bits per heavy atom. The summed E-state index contributed by atoms with van der Waals surface area (Å²) in [5.41, 5.74) is -0.318. The molecule has 1 aromatic rings. The third-order valence-electron chi connectivity index (χ3n) is 4.37. The van der Waals surface area contributed by atoms with Crippen molar-refractivity contribution in [2.45, 2.75) is 38.0 Å². The highest BCUT2D eigenvalue weighted by Gasteiger charge is 2.32. The van der Waals surface area contributed by atoms with Crippen LogP contribution in [0.2, 0.25) is 0 Å². The largest absolute Gasteiger partial charge is 0.416 e. The number of hydrogen-bond donors (Lipinski definition) is 0. The summed E-state index contributed by atoms with van der Waals surface area (Å²) in [5.74, 6) is 0.548. The van der Waals surface area contributed by atoms with Gasteiger partial charge in [-0.3, -0.25) is 4.79 Å². The minimum absolute atomic E-state index is 0.000729. The van der Waals surface area contributed by atoms with Crippen LogP contribution in [0.5, 0.6) is 0 Å². The Balaban J connectivity index is 1.52.